The number of likely N-dealkylation sites (N-methyl/N-ethyl adjacent to an activating group) is 1. The van der Waals surface area contributed by atoms with E-state index in [4.69, 9.17) is 4.74 Å². The summed E-state index contributed by atoms with van der Waals surface area (Å²) in [7, 11) is 2.20. The van der Waals surface area contributed by atoms with Gasteiger partial charge in [-0.1, -0.05) is 0 Å². The Morgan fingerprint density at radius 2 is 1.79 bits per heavy atom. The third kappa shape index (κ3) is 12.6. The molecule has 1 aliphatic heterocycles. The zero-order chi connectivity index (χ0) is 21.9. The fraction of sp³-hybridized carbons (Fsp3) is 0.905. The topological polar surface area (TPSA) is 81.2 Å². The number of hydrogen-bond donors (Lipinski definition) is 3. The molecule has 0 saturated carbocycles. The number of nitrogens with one attached hydrogen (secondary N) is 3. The summed E-state index contributed by atoms with van der Waals surface area (Å²) in [5.74, 6) is 0.780. The Hall–Kier alpha value is -1.54. The molecule has 8 heteroatoms. The minimum Gasteiger partial charge on any atom is -0.444 e. The van der Waals surface area contributed by atoms with Crippen LogP contribution in [0.4, 0.5) is 4.79 Å². The van der Waals surface area contributed by atoms with Gasteiger partial charge in [0.25, 0.3) is 0 Å². The van der Waals surface area contributed by atoms with Crippen molar-refractivity contribution < 1.29 is 9.53 Å². The van der Waals surface area contributed by atoms with Crippen molar-refractivity contribution in [3.05, 3.63) is 0 Å². The van der Waals surface area contributed by atoms with Crippen LogP contribution >= 0.6 is 0 Å². The minimum absolute atomic E-state index is 0.418. The zero-order valence-electron chi connectivity index (χ0n) is 19.7. The van der Waals surface area contributed by atoms with Gasteiger partial charge in [0, 0.05) is 26.2 Å². The van der Waals surface area contributed by atoms with Crippen molar-refractivity contribution in [2.24, 2.45) is 4.99 Å². The van der Waals surface area contributed by atoms with Crippen molar-refractivity contribution in [1.82, 2.24) is 25.8 Å². The second-order valence-electron chi connectivity index (χ2n) is 9.48. The van der Waals surface area contributed by atoms with Crippen LogP contribution in [0.15, 0.2) is 4.99 Å². The smallest absolute Gasteiger partial charge is 0.408 e. The molecule has 1 amide bonds. The lowest BCUT2D eigenvalue weighted by molar-refractivity contribution is 0.0476. The lowest BCUT2D eigenvalue weighted by Crippen LogP contribution is -2.49. The minimum atomic E-state index is -0.511. The Morgan fingerprint density at radius 3 is 2.45 bits per heavy atom. The van der Waals surface area contributed by atoms with Gasteiger partial charge >= 0.3 is 6.09 Å². The molecule has 1 rings (SSSR count). The highest BCUT2D eigenvalue weighted by Gasteiger charge is 2.24. The summed E-state index contributed by atoms with van der Waals surface area (Å²) in [5, 5.41) is 9.58. The van der Waals surface area contributed by atoms with E-state index in [1.165, 1.54) is 19.5 Å². The Labute approximate surface area is 177 Å². The SMILES string of the molecule is CCNC(=NCC(C)(C)NC(=O)OC(C)(C)C)NCCCN1CCCN(C)CC1. The Kier molecular flexibility index (Phi) is 10.7. The fourth-order valence-corrected chi connectivity index (χ4v) is 3.07. The summed E-state index contributed by atoms with van der Waals surface area (Å²) in [6, 6.07) is 0. The van der Waals surface area contributed by atoms with E-state index in [-0.39, 0.29) is 0 Å². The predicted molar refractivity (Wildman–Crippen MR) is 121 cm³/mol. The summed E-state index contributed by atoms with van der Waals surface area (Å²) in [4.78, 5) is 21.6. The van der Waals surface area contributed by atoms with Crippen molar-refractivity contribution in [2.45, 2.75) is 65.5 Å². The van der Waals surface area contributed by atoms with Crippen LogP contribution in [0.2, 0.25) is 0 Å². The molecule has 0 unspecified atom stereocenters. The van der Waals surface area contributed by atoms with Gasteiger partial charge in [0.05, 0.1) is 12.1 Å². The molecule has 0 aromatic heterocycles. The van der Waals surface area contributed by atoms with Crippen molar-refractivity contribution in [3.63, 3.8) is 0 Å². The van der Waals surface area contributed by atoms with E-state index >= 15 is 0 Å². The fourth-order valence-electron chi connectivity index (χ4n) is 3.07. The first-order valence-corrected chi connectivity index (χ1v) is 10.9. The molecule has 8 nitrogen and oxygen atoms in total. The molecule has 0 atom stereocenters. The molecular weight excluding hydrogens is 368 g/mol. The third-order valence-corrected chi connectivity index (χ3v) is 4.57. The normalized spacial score (nSPS) is 17.6. The molecule has 0 aromatic carbocycles. The summed E-state index contributed by atoms with van der Waals surface area (Å²) < 4.78 is 5.34. The van der Waals surface area contributed by atoms with Crippen LogP contribution in [0.3, 0.4) is 0 Å². The highest BCUT2D eigenvalue weighted by atomic mass is 16.6. The number of hydrogen-bond acceptors (Lipinski definition) is 5. The molecule has 1 saturated heterocycles. The van der Waals surface area contributed by atoms with Crippen LogP contribution in [0, 0.1) is 0 Å². The van der Waals surface area contributed by atoms with Gasteiger partial charge in [-0.3, -0.25) is 4.99 Å². The van der Waals surface area contributed by atoms with Gasteiger partial charge in [0.2, 0.25) is 0 Å². The molecule has 0 spiro atoms. The van der Waals surface area contributed by atoms with Gasteiger partial charge in [-0.15, -0.1) is 0 Å². The molecule has 0 aromatic rings. The molecule has 1 heterocycles. The highest BCUT2D eigenvalue weighted by Crippen LogP contribution is 2.09. The average molecular weight is 413 g/mol. The van der Waals surface area contributed by atoms with E-state index in [0.717, 1.165) is 45.1 Å². The number of rotatable bonds is 8. The molecule has 0 radical (unpaired) electrons. The molecule has 0 aliphatic carbocycles. The van der Waals surface area contributed by atoms with Gasteiger partial charge in [-0.2, -0.15) is 0 Å². The molecule has 0 bridgehead atoms. The molecular formula is C21H44N6O2. The number of alkyl carbamates (subject to hydrolysis) is 1. The number of carbonyl (C=O) groups is 1. The monoisotopic (exact) mass is 412 g/mol. The van der Waals surface area contributed by atoms with E-state index in [2.05, 4.69) is 44.7 Å². The number of aliphatic imine (C=N–C) groups is 1. The molecule has 1 aliphatic rings. The molecule has 170 valence electrons. The van der Waals surface area contributed by atoms with E-state index in [1.807, 2.05) is 34.6 Å². The quantitative estimate of drug-likeness (QED) is 0.321. The Bertz CT molecular complexity index is 516. The maximum Gasteiger partial charge on any atom is 0.408 e. The largest absolute Gasteiger partial charge is 0.444 e. The summed E-state index contributed by atoms with van der Waals surface area (Å²) in [5.41, 5.74) is -1.01. The van der Waals surface area contributed by atoms with E-state index in [0.29, 0.717) is 6.54 Å². The van der Waals surface area contributed by atoms with Crippen LogP contribution < -0.4 is 16.0 Å². The first-order chi connectivity index (χ1) is 13.5. The molecule has 3 N–H and O–H groups in total. The van der Waals surface area contributed by atoms with Crippen LogP contribution in [0.5, 0.6) is 0 Å². The Balaban J connectivity index is 2.41. The number of nitrogens with zero attached hydrogens (tertiary/aromatic N) is 3. The van der Waals surface area contributed by atoms with Crippen molar-refractivity contribution >= 4 is 12.1 Å². The Morgan fingerprint density at radius 1 is 1.07 bits per heavy atom. The summed E-state index contributed by atoms with van der Waals surface area (Å²) >= 11 is 0. The standard InChI is InChI=1S/C21H44N6O2/c1-8-22-18(23-11-9-13-27-14-10-12-26(7)15-16-27)24-17-21(5,6)25-19(28)29-20(2,3)4/h8-17H2,1-7H3,(H,25,28)(H2,22,23,24). The number of guanidine groups is 1. The van der Waals surface area contributed by atoms with Gasteiger partial charge in [0.1, 0.15) is 5.60 Å². The molecule has 1 fully saturated rings. The van der Waals surface area contributed by atoms with Crippen molar-refractivity contribution in [3.8, 4) is 0 Å². The van der Waals surface area contributed by atoms with E-state index in [9.17, 15) is 4.79 Å². The van der Waals surface area contributed by atoms with Crippen LogP contribution in [-0.4, -0.2) is 92.4 Å². The first-order valence-electron chi connectivity index (χ1n) is 10.9. The van der Waals surface area contributed by atoms with Gasteiger partial charge in [-0.25, -0.2) is 4.79 Å². The molecule has 29 heavy (non-hydrogen) atoms. The van der Waals surface area contributed by atoms with Crippen LogP contribution in [-0.2, 0) is 4.74 Å². The van der Waals surface area contributed by atoms with E-state index < -0.39 is 17.2 Å². The van der Waals surface area contributed by atoms with Gasteiger partial charge in [-0.05, 0) is 81.1 Å². The predicted octanol–water partition coefficient (Wildman–Crippen LogP) is 1.87. The lowest BCUT2D eigenvalue weighted by Gasteiger charge is -2.27. The number of ether oxygens (including phenoxy) is 1. The first kappa shape index (κ1) is 25.5. The number of carbonyl (C=O) groups excluding carboxylic acids is 1. The average Bonchev–Trinajstić information content (AvgIpc) is 2.78. The summed E-state index contributed by atoms with van der Waals surface area (Å²) in [6.45, 7) is 19.4. The van der Waals surface area contributed by atoms with Gasteiger partial charge < -0.3 is 30.5 Å². The zero-order valence-corrected chi connectivity index (χ0v) is 19.7. The lowest BCUT2D eigenvalue weighted by atomic mass is 10.1. The van der Waals surface area contributed by atoms with Crippen molar-refractivity contribution in [1.29, 1.82) is 0 Å². The van der Waals surface area contributed by atoms with Crippen molar-refractivity contribution in [2.75, 3.05) is 59.4 Å². The van der Waals surface area contributed by atoms with E-state index in [1.54, 1.807) is 0 Å². The maximum absolute atomic E-state index is 12.0. The van der Waals surface area contributed by atoms with Gasteiger partial charge in [0.15, 0.2) is 5.96 Å². The second kappa shape index (κ2) is 12.2. The third-order valence-electron chi connectivity index (χ3n) is 4.57. The van der Waals surface area contributed by atoms with Crippen LogP contribution in [0.25, 0.3) is 0 Å². The highest BCUT2D eigenvalue weighted by molar-refractivity contribution is 5.79. The van der Waals surface area contributed by atoms with Crippen LogP contribution in [0.1, 0.15) is 54.4 Å². The maximum atomic E-state index is 12.0. The summed E-state index contributed by atoms with van der Waals surface area (Å²) in [6.07, 6.45) is 1.90. The number of amides is 1. The second-order valence-corrected chi connectivity index (χ2v) is 9.48.